The zero-order valence-corrected chi connectivity index (χ0v) is 5.87. The normalized spacial score (nSPS) is 38.5. The van der Waals surface area contributed by atoms with Crippen molar-refractivity contribution >= 4 is 17.5 Å². The van der Waals surface area contributed by atoms with Gasteiger partial charge in [-0.15, -0.1) is 11.8 Å². The quantitative estimate of drug-likeness (QED) is 0.493. The molecule has 0 N–H and O–H groups in total. The van der Waals surface area contributed by atoms with Gasteiger partial charge in [-0.1, -0.05) is 13.8 Å². The van der Waals surface area contributed by atoms with Gasteiger partial charge in [0.05, 0.1) is 5.75 Å². The van der Waals surface area contributed by atoms with Gasteiger partial charge in [0.2, 0.25) is 0 Å². The third kappa shape index (κ3) is 0.895. The van der Waals surface area contributed by atoms with E-state index >= 15 is 0 Å². The highest BCUT2D eigenvalue weighted by Crippen LogP contribution is 2.31. The fourth-order valence-corrected chi connectivity index (χ4v) is 1.56. The standard InChI is InChI=1S/C6H9OS/c1-4-5(2)8-3-6(4)7/h3-5H,1-2H3. The molecule has 0 aromatic heterocycles. The first-order valence-electron chi connectivity index (χ1n) is 2.74. The molecule has 0 aromatic carbocycles. The molecule has 1 nitrogen and oxygen atoms in total. The maximum Gasteiger partial charge on any atom is 0.151 e. The summed E-state index contributed by atoms with van der Waals surface area (Å²) >= 11 is 1.64. The first kappa shape index (κ1) is 6.14. The first-order chi connectivity index (χ1) is 3.72. The second-order valence-corrected chi connectivity index (χ2v) is 3.40. The third-order valence-electron chi connectivity index (χ3n) is 1.55. The molecule has 8 heavy (non-hydrogen) atoms. The van der Waals surface area contributed by atoms with Crippen LogP contribution in [-0.2, 0) is 4.79 Å². The molecule has 2 heteroatoms. The van der Waals surface area contributed by atoms with Crippen LogP contribution in [0.1, 0.15) is 13.8 Å². The predicted molar refractivity (Wildman–Crippen MR) is 35.5 cm³/mol. The van der Waals surface area contributed by atoms with E-state index in [-0.39, 0.29) is 5.92 Å². The molecule has 1 aliphatic rings. The zero-order valence-electron chi connectivity index (χ0n) is 5.05. The summed E-state index contributed by atoms with van der Waals surface area (Å²) in [4.78, 5) is 10.7. The molecule has 0 amide bonds. The van der Waals surface area contributed by atoms with E-state index in [0.29, 0.717) is 11.0 Å². The van der Waals surface area contributed by atoms with Crippen molar-refractivity contribution in [1.29, 1.82) is 0 Å². The summed E-state index contributed by atoms with van der Waals surface area (Å²) in [5, 5.41) is 0.502. The van der Waals surface area contributed by atoms with Crippen LogP contribution in [0.3, 0.4) is 0 Å². The van der Waals surface area contributed by atoms with Gasteiger partial charge in [0.15, 0.2) is 5.78 Å². The smallest absolute Gasteiger partial charge is 0.151 e. The van der Waals surface area contributed by atoms with Gasteiger partial charge in [0.1, 0.15) is 0 Å². The lowest BCUT2D eigenvalue weighted by Gasteiger charge is -2.02. The van der Waals surface area contributed by atoms with Gasteiger partial charge in [0.25, 0.3) is 0 Å². The van der Waals surface area contributed by atoms with Crippen LogP contribution in [0.15, 0.2) is 0 Å². The molecular weight excluding hydrogens is 120 g/mol. The Labute approximate surface area is 53.8 Å². The Morgan fingerprint density at radius 3 is 2.38 bits per heavy atom. The van der Waals surface area contributed by atoms with E-state index in [1.165, 1.54) is 0 Å². The second kappa shape index (κ2) is 2.09. The van der Waals surface area contributed by atoms with Crippen LogP contribution in [-0.4, -0.2) is 11.0 Å². The maximum absolute atomic E-state index is 10.7. The van der Waals surface area contributed by atoms with E-state index in [9.17, 15) is 4.79 Å². The number of thioether (sulfide) groups is 1. The molecule has 2 atom stereocenters. The monoisotopic (exact) mass is 129 g/mol. The molecule has 0 aliphatic carbocycles. The number of rotatable bonds is 0. The highest BCUT2D eigenvalue weighted by Gasteiger charge is 2.27. The van der Waals surface area contributed by atoms with Crippen LogP contribution in [0, 0.1) is 11.7 Å². The highest BCUT2D eigenvalue weighted by atomic mass is 32.2. The molecule has 0 saturated carbocycles. The fourth-order valence-electron chi connectivity index (χ4n) is 0.631. The highest BCUT2D eigenvalue weighted by molar-refractivity contribution is 8.03. The number of hydrogen-bond acceptors (Lipinski definition) is 2. The molecule has 1 saturated heterocycles. The Hall–Kier alpha value is 0.0200. The van der Waals surface area contributed by atoms with Gasteiger partial charge in [-0.2, -0.15) is 0 Å². The Kier molecular flexibility index (Phi) is 1.61. The summed E-state index contributed by atoms with van der Waals surface area (Å²) in [5.41, 5.74) is 0. The maximum atomic E-state index is 10.7. The van der Waals surface area contributed by atoms with E-state index in [1.54, 1.807) is 17.5 Å². The van der Waals surface area contributed by atoms with Crippen molar-refractivity contribution in [2.75, 3.05) is 0 Å². The van der Waals surface area contributed by atoms with Gasteiger partial charge in [-0.25, -0.2) is 0 Å². The number of hydrogen-bond donors (Lipinski definition) is 0. The Morgan fingerprint density at radius 1 is 1.62 bits per heavy atom. The Bertz CT molecular complexity index is 111. The van der Waals surface area contributed by atoms with Crippen molar-refractivity contribution in [3.8, 4) is 0 Å². The van der Waals surface area contributed by atoms with Crippen LogP contribution in [0.5, 0.6) is 0 Å². The number of carbonyl (C=O) groups excluding carboxylic acids is 1. The molecule has 1 heterocycles. The Balaban J connectivity index is 2.56. The number of carbonyl (C=O) groups is 1. The van der Waals surface area contributed by atoms with Crippen molar-refractivity contribution in [2.45, 2.75) is 19.1 Å². The van der Waals surface area contributed by atoms with Crippen molar-refractivity contribution in [2.24, 2.45) is 5.92 Å². The number of Topliss-reactive ketones (excluding diaryl/α,β-unsaturated/α-hetero) is 1. The minimum atomic E-state index is 0.250. The average Bonchev–Trinajstić information content (AvgIpc) is 1.98. The van der Waals surface area contributed by atoms with Crippen LogP contribution >= 0.6 is 11.8 Å². The predicted octanol–water partition coefficient (Wildman–Crippen LogP) is 1.49. The van der Waals surface area contributed by atoms with E-state index in [4.69, 9.17) is 0 Å². The van der Waals surface area contributed by atoms with Crippen LogP contribution in [0.25, 0.3) is 0 Å². The van der Waals surface area contributed by atoms with Gasteiger partial charge >= 0.3 is 0 Å². The third-order valence-corrected chi connectivity index (χ3v) is 2.76. The SMILES string of the molecule is CC1S[CH]C(=O)C1C. The van der Waals surface area contributed by atoms with Crippen molar-refractivity contribution in [3.63, 3.8) is 0 Å². The van der Waals surface area contributed by atoms with Gasteiger partial charge in [0, 0.05) is 11.2 Å². The van der Waals surface area contributed by atoms with Gasteiger partial charge in [-0.3, -0.25) is 4.79 Å². The molecule has 0 bridgehead atoms. The molecule has 1 aliphatic heterocycles. The summed E-state index contributed by atoms with van der Waals surface area (Å²) in [5.74, 6) is 2.26. The van der Waals surface area contributed by atoms with Crippen molar-refractivity contribution in [1.82, 2.24) is 0 Å². The second-order valence-electron chi connectivity index (χ2n) is 2.15. The minimum absolute atomic E-state index is 0.250. The summed E-state index contributed by atoms with van der Waals surface area (Å²) < 4.78 is 0. The lowest BCUT2D eigenvalue weighted by molar-refractivity contribution is -0.117. The summed E-state index contributed by atoms with van der Waals surface area (Å²) in [7, 11) is 0. The van der Waals surface area contributed by atoms with E-state index in [0.717, 1.165) is 0 Å². The molecule has 0 aromatic rings. The topological polar surface area (TPSA) is 17.1 Å². The summed E-state index contributed by atoms with van der Waals surface area (Å²) in [6.07, 6.45) is 0. The molecule has 45 valence electrons. The van der Waals surface area contributed by atoms with Crippen LogP contribution in [0.2, 0.25) is 0 Å². The lowest BCUT2D eigenvalue weighted by Crippen LogP contribution is -2.10. The van der Waals surface area contributed by atoms with Crippen LogP contribution < -0.4 is 0 Å². The first-order valence-corrected chi connectivity index (χ1v) is 3.68. The van der Waals surface area contributed by atoms with Crippen molar-refractivity contribution in [3.05, 3.63) is 5.75 Å². The molecular formula is C6H9OS. The average molecular weight is 129 g/mol. The van der Waals surface area contributed by atoms with Gasteiger partial charge in [-0.05, 0) is 0 Å². The van der Waals surface area contributed by atoms with E-state index in [2.05, 4.69) is 6.92 Å². The molecule has 1 radical (unpaired) electrons. The summed E-state index contributed by atoms with van der Waals surface area (Å²) in [6, 6.07) is 0. The zero-order chi connectivity index (χ0) is 6.15. The molecule has 2 unspecified atom stereocenters. The van der Waals surface area contributed by atoms with Crippen LogP contribution in [0.4, 0.5) is 0 Å². The lowest BCUT2D eigenvalue weighted by atomic mass is 10.1. The number of ketones is 1. The molecule has 0 spiro atoms. The Morgan fingerprint density at radius 2 is 2.25 bits per heavy atom. The fraction of sp³-hybridized carbons (Fsp3) is 0.667. The minimum Gasteiger partial charge on any atom is -0.298 e. The molecule has 1 fully saturated rings. The van der Waals surface area contributed by atoms with Gasteiger partial charge < -0.3 is 0 Å². The van der Waals surface area contributed by atoms with E-state index in [1.807, 2.05) is 6.92 Å². The largest absolute Gasteiger partial charge is 0.298 e. The van der Waals surface area contributed by atoms with E-state index < -0.39 is 0 Å². The van der Waals surface area contributed by atoms with Crippen molar-refractivity contribution < 1.29 is 4.79 Å². The summed E-state index contributed by atoms with van der Waals surface area (Å²) in [6.45, 7) is 4.06. The molecule has 1 rings (SSSR count).